The third-order valence-electron chi connectivity index (χ3n) is 2.25. The van der Waals surface area contributed by atoms with Crippen molar-refractivity contribution in [2.75, 3.05) is 12.3 Å². The van der Waals surface area contributed by atoms with Crippen molar-refractivity contribution in [3.05, 3.63) is 22.7 Å². The number of anilines is 1. The minimum Gasteiger partial charge on any atom is -0.492 e. The summed E-state index contributed by atoms with van der Waals surface area (Å²) in [7, 11) is 0. The summed E-state index contributed by atoms with van der Waals surface area (Å²) in [6, 6.07) is 5.69. The van der Waals surface area contributed by atoms with E-state index in [1.165, 1.54) is 19.3 Å². The van der Waals surface area contributed by atoms with E-state index in [0.29, 0.717) is 0 Å². The highest BCUT2D eigenvalue weighted by molar-refractivity contribution is 9.10. The number of nitrogen functional groups attached to an aromatic ring is 1. The SMILES string of the molecule is CCCCCCOc1cccc(N)c1Br. The zero-order valence-electron chi connectivity index (χ0n) is 9.13. The molecule has 0 aliphatic rings. The second kappa shape index (κ2) is 6.72. The molecule has 0 unspecified atom stereocenters. The molecule has 0 aliphatic carbocycles. The number of unbranched alkanes of at least 4 members (excludes halogenated alkanes) is 3. The molecule has 0 heterocycles. The van der Waals surface area contributed by atoms with Crippen LogP contribution in [-0.4, -0.2) is 6.61 Å². The number of halogens is 1. The van der Waals surface area contributed by atoms with Gasteiger partial charge in [-0.25, -0.2) is 0 Å². The Kier molecular flexibility index (Phi) is 5.54. The summed E-state index contributed by atoms with van der Waals surface area (Å²) in [4.78, 5) is 0. The summed E-state index contributed by atoms with van der Waals surface area (Å²) < 4.78 is 6.50. The number of rotatable bonds is 6. The van der Waals surface area contributed by atoms with E-state index in [1.807, 2.05) is 18.2 Å². The van der Waals surface area contributed by atoms with Crippen LogP contribution in [0, 0.1) is 0 Å². The highest BCUT2D eigenvalue weighted by Crippen LogP contribution is 2.30. The minimum absolute atomic E-state index is 0.723. The lowest BCUT2D eigenvalue weighted by Gasteiger charge is -2.09. The lowest BCUT2D eigenvalue weighted by molar-refractivity contribution is 0.303. The third-order valence-corrected chi connectivity index (χ3v) is 3.10. The Bertz CT molecular complexity index is 302. The van der Waals surface area contributed by atoms with Gasteiger partial charge in [0.25, 0.3) is 0 Å². The van der Waals surface area contributed by atoms with Gasteiger partial charge in [0.15, 0.2) is 0 Å². The quantitative estimate of drug-likeness (QED) is 0.627. The number of hydrogen-bond donors (Lipinski definition) is 1. The number of nitrogens with two attached hydrogens (primary N) is 1. The summed E-state index contributed by atoms with van der Waals surface area (Å²) in [5.41, 5.74) is 6.47. The van der Waals surface area contributed by atoms with Crippen molar-refractivity contribution in [1.29, 1.82) is 0 Å². The smallest absolute Gasteiger partial charge is 0.135 e. The van der Waals surface area contributed by atoms with Gasteiger partial charge in [-0.2, -0.15) is 0 Å². The molecule has 15 heavy (non-hydrogen) atoms. The van der Waals surface area contributed by atoms with Gasteiger partial charge in [0.05, 0.1) is 11.1 Å². The lowest BCUT2D eigenvalue weighted by Crippen LogP contribution is -1.99. The van der Waals surface area contributed by atoms with Gasteiger partial charge >= 0.3 is 0 Å². The summed E-state index contributed by atoms with van der Waals surface area (Å²) in [6.45, 7) is 2.97. The van der Waals surface area contributed by atoms with Gasteiger partial charge in [-0.1, -0.05) is 32.3 Å². The van der Waals surface area contributed by atoms with Gasteiger partial charge in [-0.05, 0) is 34.5 Å². The molecule has 0 aromatic heterocycles. The Morgan fingerprint density at radius 2 is 2.07 bits per heavy atom. The van der Waals surface area contributed by atoms with Crippen LogP contribution in [0.25, 0.3) is 0 Å². The van der Waals surface area contributed by atoms with E-state index >= 15 is 0 Å². The van der Waals surface area contributed by atoms with E-state index in [0.717, 1.165) is 28.9 Å². The molecule has 0 spiro atoms. The lowest BCUT2D eigenvalue weighted by atomic mass is 10.2. The average Bonchev–Trinajstić information content (AvgIpc) is 2.24. The monoisotopic (exact) mass is 271 g/mol. The van der Waals surface area contributed by atoms with Crippen LogP contribution in [0.1, 0.15) is 32.6 Å². The Labute approximate surface area is 99.9 Å². The Morgan fingerprint density at radius 1 is 1.27 bits per heavy atom. The van der Waals surface area contributed by atoms with Gasteiger partial charge < -0.3 is 10.5 Å². The molecule has 1 aromatic rings. The molecule has 1 rings (SSSR count). The van der Waals surface area contributed by atoms with Crippen LogP contribution in [0.15, 0.2) is 22.7 Å². The van der Waals surface area contributed by atoms with Crippen molar-refractivity contribution in [3.8, 4) is 5.75 Å². The van der Waals surface area contributed by atoms with Crippen molar-refractivity contribution in [1.82, 2.24) is 0 Å². The minimum atomic E-state index is 0.723. The van der Waals surface area contributed by atoms with Gasteiger partial charge in [0, 0.05) is 5.69 Å². The maximum absolute atomic E-state index is 5.75. The normalized spacial score (nSPS) is 10.3. The van der Waals surface area contributed by atoms with Crippen LogP contribution in [0.2, 0.25) is 0 Å². The number of ether oxygens (including phenoxy) is 1. The molecule has 0 bridgehead atoms. The molecule has 0 fully saturated rings. The Balaban J connectivity index is 2.34. The molecule has 0 amide bonds. The maximum Gasteiger partial charge on any atom is 0.135 e. The van der Waals surface area contributed by atoms with Crippen molar-refractivity contribution < 1.29 is 4.74 Å². The molecular weight excluding hydrogens is 254 g/mol. The molecule has 0 radical (unpaired) electrons. The Morgan fingerprint density at radius 3 is 2.80 bits per heavy atom. The molecule has 1 aromatic carbocycles. The molecule has 0 aliphatic heterocycles. The largest absolute Gasteiger partial charge is 0.492 e. The Hall–Kier alpha value is -0.700. The van der Waals surface area contributed by atoms with Crippen molar-refractivity contribution >= 4 is 21.6 Å². The highest BCUT2D eigenvalue weighted by atomic mass is 79.9. The summed E-state index contributed by atoms with van der Waals surface area (Å²) in [6.07, 6.45) is 4.87. The average molecular weight is 272 g/mol. The predicted octanol–water partition coefficient (Wildman–Crippen LogP) is 3.99. The summed E-state index contributed by atoms with van der Waals surface area (Å²) in [5.74, 6) is 0.839. The van der Waals surface area contributed by atoms with E-state index in [1.54, 1.807) is 0 Å². The van der Waals surface area contributed by atoms with Crippen LogP contribution < -0.4 is 10.5 Å². The first-order chi connectivity index (χ1) is 7.25. The topological polar surface area (TPSA) is 35.2 Å². The second-order valence-electron chi connectivity index (χ2n) is 3.57. The maximum atomic E-state index is 5.75. The van der Waals surface area contributed by atoms with E-state index in [4.69, 9.17) is 10.5 Å². The first-order valence-electron chi connectivity index (χ1n) is 5.42. The van der Waals surface area contributed by atoms with E-state index in [-0.39, 0.29) is 0 Å². The molecule has 84 valence electrons. The van der Waals surface area contributed by atoms with Crippen LogP contribution in [0.4, 0.5) is 5.69 Å². The van der Waals surface area contributed by atoms with Crippen molar-refractivity contribution in [3.63, 3.8) is 0 Å². The molecule has 0 saturated carbocycles. The van der Waals surface area contributed by atoms with Gasteiger partial charge in [0.1, 0.15) is 5.75 Å². The van der Waals surface area contributed by atoms with E-state index < -0.39 is 0 Å². The van der Waals surface area contributed by atoms with Gasteiger partial charge in [-0.3, -0.25) is 0 Å². The first-order valence-corrected chi connectivity index (χ1v) is 6.21. The van der Waals surface area contributed by atoms with Gasteiger partial charge in [-0.15, -0.1) is 0 Å². The second-order valence-corrected chi connectivity index (χ2v) is 4.36. The zero-order valence-corrected chi connectivity index (χ0v) is 10.7. The van der Waals surface area contributed by atoms with Crippen molar-refractivity contribution in [2.24, 2.45) is 0 Å². The predicted molar refractivity (Wildman–Crippen MR) is 68.2 cm³/mol. The van der Waals surface area contributed by atoms with Gasteiger partial charge in [0.2, 0.25) is 0 Å². The molecule has 0 saturated heterocycles. The molecule has 0 atom stereocenters. The van der Waals surface area contributed by atoms with Crippen molar-refractivity contribution in [2.45, 2.75) is 32.6 Å². The van der Waals surface area contributed by atoms with Crippen LogP contribution in [-0.2, 0) is 0 Å². The fourth-order valence-electron chi connectivity index (χ4n) is 1.35. The standard InChI is InChI=1S/C12H18BrNO/c1-2-3-4-5-9-15-11-8-6-7-10(14)12(11)13/h6-8H,2-5,9,14H2,1H3. The molecular formula is C12H18BrNO. The van der Waals surface area contributed by atoms with Crippen LogP contribution in [0.3, 0.4) is 0 Å². The first kappa shape index (κ1) is 12.4. The zero-order chi connectivity index (χ0) is 11.1. The summed E-state index contributed by atoms with van der Waals surface area (Å²) in [5, 5.41) is 0. The van der Waals surface area contributed by atoms with Crippen LogP contribution >= 0.6 is 15.9 Å². The molecule has 2 nitrogen and oxygen atoms in total. The van der Waals surface area contributed by atoms with E-state index in [2.05, 4.69) is 22.9 Å². The fourth-order valence-corrected chi connectivity index (χ4v) is 1.73. The third kappa shape index (κ3) is 4.12. The summed E-state index contributed by atoms with van der Waals surface area (Å²) >= 11 is 3.41. The highest BCUT2D eigenvalue weighted by Gasteiger charge is 2.02. The number of benzene rings is 1. The molecule has 3 heteroatoms. The fraction of sp³-hybridized carbons (Fsp3) is 0.500. The van der Waals surface area contributed by atoms with E-state index in [9.17, 15) is 0 Å². The van der Waals surface area contributed by atoms with Crippen LogP contribution in [0.5, 0.6) is 5.75 Å². The number of hydrogen-bond acceptors (Lipinski definition) is 2. The molecule has 2 N–H and O–H groups in total.